The number of hydrogen-bond acceptors (Lipinski definition) is 0. The summed E-state index contributed by atoms with van der Waals surface area (Å²) in [6.45, 7) is 6.51. The van der Waals surface area contributed by atoms with Crippen LogP contribution < -0.4 is 24.8 Å². The van der Waals surface area contributed by atoms with Gasteiger partial charge in [-0.05, 0) is 41.2 Å². The first-order chi connectivity index (χ1) is 16.5. The Labute approximate surface area is 243 Å². The molecule has 0 heterocycles. The van der Waals surface area contributed by atoms with Gasteiger partial charge in [0.25, 0.3) is 0 Å². The molecular weight excluding hydrogens is 558 g/mol. The zero-order valence-corrected chi connectivity index (χ0v) is 25.1. The molecule has 3 heteroatoms. The van der Waals surface area contributed by atoms with Crippen molar-refractivity contribution < 1.29 is 49.0 Å². The maximum atomic E-state index is 3.86. The summed E-state index contributed by atoms with van der Waals surface area (Å²) in [5.41, 5.74) is 8.46. The first-order valence-corrected chi connectivity index (χ1v) is 13.7. The van der Waals surface area contributed by atoms with E-state index in [-0.39, 0.29) is 24.8 Å². The molecule has 0 saturated heterocycles. The molecular formula is C33H31Cl2Zr-. The molecule has 4 aromatic carbocycles. The van der Waals surface area contributed by atoms with Gasteiger partial charge >= 0.3 is 41.3 Å². The Morgan fingerprint density at radius 1 is 0.889 bits per heavy atom. The second kappa shape index (κ2) is 12.6. The Kier molecular flexibility index (Phi) is 10.1. The van der Waals surface area contributed by atoms with Crippen LogP contribution in [0.15, 0.2) is 84.5 Å². The number of allylic oxidation sites excluding steroid dienone is 4. The van der Waals surface area contributed by atoms with E-state index in [1.165, 1.54) is 77.4 Å². The molecule has 1 unspecified atom stereocenters. The van der Waals surface area contributed by atoms with Crippen LogP contribution in [0.5, 0.6) is 0 Å². The van der Waals surface area contributed by atoms with Crippen LogP contribution in [-0.2, 0) is 30.7 Å². The molecule has 6 rings (SSSR count). The number of halogens is 2. The third-order valence-corrected chi connectivity index (χ3v) is 6.77. The topological polar surface area (TPSA) is 0 Å². The summed E-state index contributed by atoms with van der Waals surface area (Å²) >= 11 is 1.55. The summed E-state index contributed by atoms with van der Waals surface area (Å²) in [7, 11) is 0. The first-order valence-electron chi connectivity index (χ1n) is 12.4. The quantitative estimate of drug-likeness (QED) is 0.283. The van der Waals surface area contributed by atoms with E-state index in [0.29, 0.717) is 5.92 Å². The minimum atomic E-state index is 0. The van der Waals surface area contributed by atoms with Crippen molar-refractivity contribution in [3.05, 3.63) is 107 Å². The maximum Gasteiger partial charge on any atom is -1.00 e. The first kappa shape index (κ1) is 28.8. The second-order valence-electron chi connectivity index (χ2n) is 9.71. The zero-order valence-electron chi connectivity index (χ0n) is 21.2. The molecule has 0 nitrogen and oxygen atoms in total. The Hall–Kier alpha value is -1.79. The van der Waals surface area contributed by atoms with Gasteiger partial charge in [0.05, 0.1) is 0 Å². The van der Waals surface area contributed by atoms with E-state index in [1.54, 1.807) is 24.2 Å². The van der Waals surface area contributed by atoms with Crippen molar-refractivity contribution in [3.8, 4) is 11.1 Å². The van der Waals surface area contributed by atoms with Gasteiger partial charge in [-0.25, -0.2) is 0 Å². The van der Waals surface area contributed by atoms with E-state index >= 15 is 0 Å². The van der Waals surface area contributed by atoms with Crippen LogP contribution in [0.1, 0.15) is 62.6 Å². The molecule has 2 aliphatic carbocycles. The van der Waals surface area contributed by atoms with Gasteiger partial charge in [-0.2, -0.15) is 0 Å². The summed E-state index contributed by atoms with van der Waals surface area (Å²) in [6, 6.07) is 26.4. The Bertz CT molecular complexity index is 1460. The molecule has 36 heavy (non-hydrogen) atoms. The van der Waals surface area contributed by atoms with E-state index in [9.17, 15) is 0 Å². The van der Waals surface area contributed by atoms with E-state index in [1.807, 2.05) is 0 Å². The monoisotopic (exact) mass is 587 g/mol. The fourth-order valence-electron chi connectivity index (χ4n) is 5.20. The number of benzene rings is 4. The van der Waals surface area contributed by atoms with Gasteiger partial charge in [-0.15, -0.1) is 34.5 Å². The molecule has 0 aromatic heterocycles. The Morgan fingerprint density at radius 3 is 2.31 bits per heavy atom. The molecule has 0 aliphatic heterocycles. The molecule has 0 bridgehead atoms. The largest absolute Gasteiger partial charge is 1.00 e. The minimum Gasteiger partial charge on any atom is -1.00 e. The van der Waals surface area contributed by atoms with Crippen molar-refractivity contribution in [2.24, 2.45) is 0 Å². The third-order valence-electron chi connectivity index (χ3n) is 6.77. The van der Waals surface area contributed by atoms with E-state index in [4.69, 9.17) is 0 Å². The van der Waals surface area contributed by atoms with Crippen LogP contribution in [0, 0.1) is 6.07 Å². The predicted octanol–water partition coefficient (Wildman–Crippen LogP) is 2.89. The van der Waals surface area contributed by atoms with Gasteiger partial charge in [0.2, 0.25) is 0 Å². The molecule has 4 aromatic rings. The molecule has 0 saturated carbocycles. The van der Waals surface area contributed by atoms with Crippen LogP contribution in [0.25, 0.3) is 32.7 Å². The van der Waals surface area contributed by atoms with Gasteiger partial charge in [0.1, 0.15) is 0 Å². The summed E-state index contributed by atoms with van der Waals surface area (Å²) in [4.78, 5) is 0. The van der Waals surface area contributed by atoms with Gasteiger partial charge in [-0.3, -0.25) is 0 Å². The van der Waals surface area contributed by atoms with Crippen molar-refractivity contribution in [1.29, 1.82) is 0 Å². The Balaban J connectivity index is 0.000000563. The molecule has 1 atom stereocenters. The van der Waals surface area contributed by atoms with E-state index < -0.39 is 0 Å². The van der Waals surface area contributed by atoms with Gasteiger partial charge in [-0.1, -0.05) is 96.8 Å². The van der Waals surface area contributed by atoms with Gasteiger partial charge in [0.15, 0.2) is 0 Å². The normalized spacial score (nSPS) is 14.8. The summed E-state index contributed by atoms with van der Waals surface area (Å²) in [5.74, 6) is 0.352. The van der Waals surface area contributed by atoms with Crippen molar-refractivity contribution in [2.45, 2.75) is 52.4 Å². The molecule has 182 valence electrons. The molecule has 2 aliphatic rings. The molecule has 0 radical (unpaired) electrons. The minimum absolute atomic E-state index is 0. The van der Waals surface area contributed by atoms with E-state index in [0.717, 1.165) is 6.42 Å². The van der Waals surface area contributed by atoms with Crippen LogP contribution >= 0.6 is 0 Å². The van der Waals surface area contributed by atoms with Gasteiger partial charge < -0.3 is 24.8 Å². The van der Waals surface area contributed by atoms with Crippen LogP contribution in [-0.4, -0.2) is 3.21 Å². The fourth-order valence-corrected chi connectivity index (χ4v) is 5.20. The average Bonchev–Trinajstić information content (AvgIpc) is 3.47. The standard InChI is InChI=1S/C30H25.C3H6.2ClH.Zr/c1-2-3-6-20-9-10-23(17-20)24-14-11-22-13-16-26-18-25-15-12-21-7-4-5-8-27(21)29(25)30(26)28(22)19-24;1-3-2;;;/h4-5,7-17,23H,2-3,6,18H2,1H3;1-2H3;2*1H;/q-1;;;;+2/p-2. The van der Waals surface area contributed by atoms with Crippen LogP contribution in [0.2, 0.25) is 0 Å². The van der Waals surface area contributed by atoms with Crippen molar-refractivity contribution >= 4 is 24.8 Å². The smallest absolute Gasteiger partial charge is 1.00 e. The second-order valence-corrected chi connectivity index (χ2v) is 12.2. The summed E-state index contributed by atoms with van der Waals surface area (Å²) < 4.78 is 1.51. The molecule has 0 fully saturated rings. The molecule has 0 N–H and O–H groups in total. The van der Waals surface area contributed by atoms with Crippen LogP contribution in [0.4, 0.5) is 0 Å². The number of fused-ring (bicyclic) bond motifs is 7. The number of hydrogen-bond donors (Lipinski definition) is 0. The SMILES string of the molecule is CCCCC1=CC(c2[c-]c3c4c(ccc3cc2)Cc2ccc3ccccc3c2-4)C=C1.C[C](C)=[Zr+2].[Cl-].[Cl-]. The summed E-state index contributed by atoms with van der Waals surface area (Å²) in [6.07, 6.45) is 11.8. The summed E-state index contributed by atoms with van der Waals surface area (Å²) in [5, 5.41) is 5.25. The van der Waals surface area contributed by atoms with Crippen molar-refractivity contribution in [3.63, 3.8) is 0 Å². The van der Waals surface area contributed by atoms with Gasteiger partial charge in [0, 0.05) is 5.92 Å². The van der Waals surface area contributed by atoms with Crippen molar-refractivity contribution in [1.82, 2.24) is 0 Å². The molecule has 0 spiro atoms. The van der Waals surface area contributed by atoms with E-state index in [2.05, 4.69) is 106 Å². The average molecular weight is 590 g/mol. The van der Waals surface area contributed by atoms with Crippen molar-refractivity contribution in [2.75, 3.05) is 0 Å². The third kappa shape index (κ3) is 5.86. The predicted molar refractivity (Wildman–Crippen MR) is 144 cm³/mol. The molecule has 0 amide bonds. The number of unbranched alkanes of at least 4 members (excludes halogenated alkanes) is 1. The number of rotatable bonds is 4. The fraction of sp³-hybridized carbons (Fsp3) is 0.242. The zero-order chi connectivity index (χ0) is 23.7. The Morgan fingerprint density at radius 2 is 1.56 bits per heavy atom. The maximum absolute atomic E-state index is 3.86. The van der Waals surface area contributed by atoms with Crippen LogP contribution in [0.3, 0.4) is 0 Å².